The number of aliphatic hydroxyl groups is 1. The van der Waals surface area contributed by atoms with E-state index in [0.717, 1.165) is 23.2 Å². The van der Waals surface area contributed by atoms with Crippen LogP contribution in [0.15, 0.2) is 18.2 Å². The van der Waals surface area contributed by atoms with Crippen molar-refractivity contribution < 1.29 is 9.90 Å². The Morgan fingerprint density at radius 1 is 1.50 bits per heavy atom. The first-order valence-corrected chi connectivity index (χ1v) is 5.72. The minimum absolute atomic E-state index is 0.0326. The molecule has 0 saturated carbocycles. The summed E-state index contributed by atoms with van der Waals surface area (Å²) in [6.45, 7) is 4.09. The zero-order chi connectivity index (χ0) is 11.7. The summed E-state index contributed by atoms with van der Waals surface area (Å²) in [5.74, 6) is 0.272. The molecule has 0 aliphatic carbocycles. The van der Waals surface area contributed by atoms with E-state index in [4.69, 9.17) is 0 Å². The molecule has 1 aromatic carbocycles. The van der Waals surface area contributed by atoms with Crippen molar-refractivity contribution in [2.75, 3.05) is 5.32 Å². The van der Waals surface area contributed by atoms with Crippen molar-refractivity contribution in [3.63, 3.8) is 0 Å². The summed E-state index contributed by atoms with van der Waals surface area (Å²) in [7, 11) is 0. The highest BCUT2D eigenvalue weighted by molar-refractivity contribution is 5.99. The molecule has 0 spiro atoms. The van der Waals surface area contributed by atoms with Crippen LogP contribution in [-0.2, 0) is 11.2 Å². The number of hydrogen-bond acceptors (Lipinski definition) is 2. The van der Waals surface area contributed by atoms with Gasteiger partial charge in [0, 0.05) is 5.69 Å². The van der Waals surface area contributed by atoms with Gasteiger partial charge < -0.3 is 10.4 Å². The van der Waals surface area contributed by atoms with Crippen LogP contribution in [0.3, 0.4) is 0 Å². The van der Waals surface area contributed by atoms with Crippen molar-refractivity contribution in [2.45, 2.75) is 32.8 Å². The van der Waals surface area contributed by atoms with Gasteiger partial charge in [0.25, 0.3) is 0 Å². The van der Waals surface area contributed by atoms with E-state index in [2.05, 4.69) is 12.2 Å². The third-order valence-electron chi connectivity index (χ3n) is 3.28. The van der Waals surface area contributed by atoms with Crippen molar-refractivity contribution in [1.82, 2.24) is 0 Å². The van der Waals surface area contributed by atoms with Crippen molar-refractivity contribution in [3.05, 3.63) is 29.3 Å². The van der Waals surface area contributed by atoms with Crippen LogP contribution >= 0.6 is 0 Å². The van der Waals surface area contributed by atoms with E-state index in [0.29, 0.717) is 6.42 Å². The van der Waals surface area contributed by atoms with Crippen LogP contribution in [0.5, 0.6) is 0 Å². The highest BCUT2D eigenvalue weighted by Crippen LogP contribution is 2.30. The molecule has 2 rings (SSSR count). The Morgan fingerprint density at radius 2 is 2.25 bits per heavy atom. The molecular formula is C13H17NO2. The van der Waals surface area contributed by atoms with Gasteiger partial charge in [-0.25, -0.2) is 0 Å². The first-order chi connectivity index (χ1) is 7.61. The van der Waals surface area contributed by atoms with Gasteiger partial charge in [-0.3, -0.25) is 4.79 Å². The Hall–Kier alpha value is -1.35. The number of fused-ring (bicyclic) bond motifs is 1. The van der Waals surface area contributed by atoms with Crippen LogP contribution in [0, 0.1) is 5.92 Å². The summed E-state index contributed by atoms with van der Waals surface area (Å²) in [5.41, 5.74) is 2.78. The molecule has 0 radical (unpaired) electrons. The number of benzene rings is 1. The van der Waals surface area contributed by atoms with Crippen molar-refractivity contribution in [3.8, 4) is 0 Å². The number of carbonyl (C=O) groups excluding carboxylic acids is 1. The van der Waals surface area contributed by atoms with Crippen molar-refractivity contribution in [2.24, 2.45) is 5.92 Å². The van der Waals surface area contributed by atoms with Gasteiger partial charge in [0.05, 0.1) is 12.5 Å². The summed E-state index contributed by atoms with van der Waals surface area (Å²) in [4.78, 5) is 11.2. The Bertz CT molecular complexity index is 414. The monoisotopic (exact) mass is 219 g/mol. The van der Waals surface area contributed by atoms with E-state index in [1.165, 1.54) is 0 Å². The summed E-state index contributed by atoms with van der Waals surface area (Å²) < 4.78 is 0. The second-order valence-corrected chi connectivity index (χ2v) is 4.47. The van der Waals surface area contributed by atoms with Gasteiger partial charge in [0.2, 0.25) is 5.91 Å². The highest BCUT2D eigenvalue weighted by atomic mass is 16.3. The lowest BCUT2D eigenvalue weighted by molar-refractivity contribution is -0.115. The van der Waals surface area contributed by atoms with E-state index in [1.807, 2.05) is 25.1 Å². The number of rotatable bonds is 3. The van der Waals surface area contributed by atoms with Crippen LogP contribution in [0.1, 0.15) is 37.5 Å². The average Bonchev–Trinajstić information content (AvgIpc) is 2.65. The molecule has 1 aliphatic heterocycles. The molecule has 3 nitrogen and oxygen atoms in total. The second-order valence-electron chi connectivity index (χ2n) is 4.47. The van der Waals surface area contributed by atoms with Gasteiger partial charge in [-0.05, 0) is 23.1 Å². The third-order valence-corrected chi connectivity index (χ3v) is 3.28. The molecular weight excluding hydrogens is 202 g/mol. The molecule has 3 heteroatoms. The first-order valence-electron chi connectivity index (χ1n) is 5.72. The van der Waals surface area contributed by atoms with Gasteiger partial charge >= 0.3 is 0 Å². The lowest BCUT2D eigenvalue weighted by Gasteiger charge is -2.18. The fraction of sp³-hybridized carbons (Fsp3) is 0.462. The number of anilines is 1. The predicted molar refractivity (Wildman–Crippen MR) is 63.2 cm³/mol. The van der Waals surface area contributed by atoms with E-state index in [9.17, 15) is 9.90 Å². The third kappa shape index (κ3) is 1.95. The summed E-state index contributed by atoms with van der Waals surface area (Å²) in [6, 6.07) is 5.70. The zero-order valence-corrected chi connectivity index (χ0v) is 9.66. The van der Waals surface area contributed by atoms with Crippen molar-refractivity contribution >= 4 is 11.6 Å². The minimum Gasteiger partial charge on any atom is -0.388 e. The Labute approximate surface area is 95.5 Å². The number of amides is 1. The van der Waals surface area contributed by atoms with Gasteiger partial charge in [0.15, 0.2) is 0 Å². The molecule has 0 fully saturated rings. The van der Waals surface area contributed by atoms with E-state index >= 15 is 0 Å². The Morgan fingerprint density at radius 3 is 2.94 bits per heavy atom. The lowest BCUT2D eigenvalue weighted by Crippen LogP contribution is -2.08. The molecule has 2 N–H and O–H groups in total. The first kappa shape index (κ1) is 11.1. The molecule has 2 atom stereocenters. The minimum atomic E-state index is -0.439. The second kappa shape index (κ2) is 4.26. The van der Waals surface area contributed by atoms with Crippen LogP contribution < -0.4 is 5.32 Å². The zero-order valence-electron chi connectivity index (χ0n) is 9.66. The maximum atomic E-state index is 11.2. The molecule has 1 aromatic rings. The molecule has 16 heavy (non-hydrogen) atoms. The maximum absolute atomic E-state index is 11.2. The average molecular weight is 219 g/mol. The van der Waals surface area contributed by atoms with E-state index in [1.54, 1.807) is 0 Å². The summed E-state index contributed by atoms with van der Waals surface area (Å²) in [6.07, 6.45) is 0.928. The molecule has 1 heterocycles. The largest absolute Gasteiger partial charge is 0.388 e. The number of aliphatic hydroxyl groups excluding tert-OH is 1. The predicted octanol–water partition coefficient (Wildman–Crippen LogP) is 2.26. The number of carbonyl (C=O) groups is 1. The molecule has 86 valence electrons. The van der Waals surface area contributed by atoms with Crippen molar-refractivity contribution in [1.29, 1.82) is 0 Å². The van der Waals surface area contributed by atoms with Gasteiger partial charge in [-0.1, -0.05) is 32.4 Å². The smallest absolute Gasteiger partial charge is 0.228 e. The molecule has 0 aromatic heterocycles. The van der Waals surface area contributed by atoms with Gasteiger partial charge in [-0.2, -0.15) is 0 Å². The standard InChI is InChI=1S/C13H17NO2/c1-3-8(2)13(16)9-4-5-11-10(6-9)7-12(15)14-11/h4-6,8,13,16H,3,7H2,1-2H3,(H,14,15). The van der Waals surface area contributed by atoms with Crippen LogP contribution in [-0.4, -0.2) is 11.0 Å². The molecule has 2 unspecified atom stereocenters. The van der Waals surface area contributed by atoms with E-state index < -0.39 is 6.10 Å². The highest BCUT2D eigenvalue weighted by Gasteiger charge is 2.21. The number of nitrogens with one attached hydrogen (secondary N) is 1. The van der Waals surface area contributed by atoms with Crippen LogP contribution in [0.4, 0.5) is 5.69 Å². The molecule has 0 bridgehead atoms. The van der Waals surface area contributed by atoms with Crippen LogP contribution in [0.25, 0.3) is 0 Å². The van der Waals surface area contributed by atoms with E-state index in [-0.39, 0.29) is 11.8 Å². The maximum Gasteiger partial charge on any atom is 0.228 e. The topological polar surface area (TPSA) is 49.3 Å². The molecule has 1 amide bonds. The van der Waals surface area contributed by atoms with Gasteiger partial charge in [0.1, 0.15) is 0 Å². The van der Waals surface area contributed by atoms with Gasteiger partial charge in [-0.15, -0.1) is 0 Å². The van der Waals surface area contributed by atoms with Crippen LogP contribution in [0.2, 0.25) is 0 Å². The molecule has 0 saturated heterocycles. The quantitative estimate of drug-likeness (QED) is 0.819. The molecule has 1 aliphatic rings. The fourth-order valence-corrected chi connectivity index (χ4v) is 1.98. The fourth-order valence-electron chi connectivity index (χ4n) is 1.98. The lowest BCUT2D eigenvalue weighted by atomic mass is 9.94. The SMILES string of the molecule is CCC(C)C(O)c1ccc2c(c1)CC(=O)N2. The normalized spacial score (nSPS) is 17.8. The Kier molecular flexibility index (Phi) is 2.97. The Balaban J connectivity index is 2.25. The number of hydrogen-bond donors (Lipinski definition) is 2. The summed E-state index contributed by atoms with van der Waals surface area (Å²) >= 11 is 0. The summed E-state index contributed by atoms with van der Waals surface area (Å²) in [5, 5.41) is 12.9.